The molecule has 9 heteroatoms. The normalized spacial score (nSPS) is 21.0. The molecule has 0 aliphatic carbocycles. The molecule has 2 aromatic rings. The monoisotopic (exact) mass is 346 g/mol. The summed E-state index contributed by atoms with van der Waals surface area (Å²) in [6.07, 6.45) is 4.06. The lowest BCUT2D eigenvalue weighted by molar-refractivity contribution is -0.122. The molecule has 1 fully saturated rings. The van der Waals surface area contributed by atoms with Crippen molar-refractivity contribution in [1.82, 2.24) is 15.4 Å². The highest BCUT2D eigenvalue weighted by Crippen LogP contribution is 2.31. The number of imide groups is 1. The third kappa shape index (κ3) is 2.24. The number of anilines is 1. The number of hydrogen-bond donors (Lipinski definition) is 1. The Kier molecular flexibility index (Phi) is 3.51. The van der Waals surface area contributed by atoms with E-state index < -0.39 is 29.6 Å². The molecule has 2 amide bonds. The lowest BCUT2D eigenvalue weighted by Gasteiger charge is -2.15. The second-order valence-electron chi connectivity index (χ2n) is 5.67. The number of carbonyl (C=O) groups excluding carboxylic acids is 3. The van der Waals surface area contributed by atoms with E-state index in [4.69, 9.17) is 5.26 Å². The summed E-state index contributed by atoms with van der Waals surface area (Å²) in [5, 5.41) is 12.8. The maximum absolute atomic E-state index is 12.8. The topological polar surface area (TPSA) is 128 Å². The predicted molar refractivity (Wildman–Crippen MR) is 87.9 cm³/mol. The molecule has 4 rings (SSSR count). The molecule has 3 heterocycles. The first kappa shape index (κ1) is 15.6. The SMILES string of the molecule is N#Cc1ccc(N2C(=O)[C@@H]3C(C(=O)c4cnccn4)=NN[C@H]3C2=O)cc1. The molecule has 0 unspecified atom stereocenters. The van der Waals surface area contributed by atoms with Gasteiger partial charge in [0.25, 0.3) is 5.91 Å². The van der Waals surface area contributed by atoms with Gasteiger partial charge >= 0.3 is 0 Å². The molecule has 0 radical (unpaired) electrons. The van der Waals surface area contributed by atoms with Crippen LogP contribution in [0, 0.1) is 17.2 Å². The van der Waals surface area contributed by atoms with E-state index in [1.807, 2.05) is 6.07 Å². The first-order valence-electron chi connectivity index (χ1n) is 7.63. The number of ketones is 1. The fraction of sp³-hybridized carbons (Fsp3) is 0.118. The average Bonchev–Trinajstić information content (AvgIpc) is 3.22. The molecule has 1 aromatic heterocycles. The fourth-order valence-corrected chi connectivity index (χ4v) is 2.96. The minimum Gasteiger partial charge on any atom is -0.296 e. The van der Waals surface area contributed by atoms with Gasteiger partial charge in [0.05, 0.1) is 23.5 Å². The van der Waals surface area contributed by atoms with Crippen molar-refractivity contribution in [3.8, 4) is 6.07 Å². The van der Waals surface area contributed by atoms with Crippen molar-refractivity contribution in [3.63, 3.8) is 0 Å². The number of amides is 2. The van der Waals surface area contributed by atoms with Crippen molar-refractivity contribution in [2.45, 2.75) is 6.04 Å². The van der Waals surface area contributed by atoms with Crippen LogP contribution in [0.15, 0.2) is 48.0 Å². The van der Waals surface area contributed by atoms with Gasteiger partial charge in [-0.2, -0.15) is 10.4 Å². The molecule has 26 heavy (non-hydrogen) atoms. The summed E-state index contributed by atoms with van der Waals surface area (Å²) in [5.74, 6) is -2.63. The number of rotatable bonds is 3. The molecule has 1 saturated heterocycles. The van der Waals surface area contributed by atoms with Crippen molar-refractivity contribution in [1.29, 1.82) is 5.26 Å². The van der Waals surface area contributed by atoms with Gasteiger partial charge in [-0.15, -0.1) is 0 Å². The van der Waals surface area contributed by atoms with Gasteiger partial charge in [-0.05, 0) is 24.3 Å². The van der Waals surface area contributed by atoms with E-state index in [0.717, 1.165) is 4.90 Å². The average molecular weight is 346 g/mol. The Bertz CT molecular complexity index is 993. The number of carbonyl (C=O) groups is 3. The minimum atomic E-state index is -1.02. The largest absolute Gasteiger partial charge is 0.296 e. The van der Waals surface area contributed by atoms with Gasteiger partial charge in [0.2, 0.25) is 11.7 Å². The molecule has 0 saturated carbocycles. The maximum atomic E-state index is 12.8. The van der Waals surface area contributed by atoms with Crippen molar-refractivity contribution < 1.29 is 14.4 Å². The summed E-state index contributed by atoms with van der Waals surface area (Å²) in [7, 11) is 0. The van der Waals surface area contributed by atoms with Gasteiger partial charge in [-0.1, -0.05) is 0 Å². The fourth-order valence-electron chi connectivity index (χ4n) is 2.96. The van der Waals surface area contributed by atoms with Crippen LogP contribution in [0.2, 0.25) is 0 Å². The van der Waals surface area contributed by atoms with Crippen molar-refractivity contribution in [3.05, 3.63) is 54.1 Å². The Morgan fingerprint density at radius 1 is 1.15 bits per heavy atom. The Hall–Kier alpha value is -3.93. The number of nitrogens with one attached hydrogen (secondary N) is 1. The zero-order valence-corrected chi connectivity index (χ0v) is 13.2. The summed E-state index contributed by atoms with van der Waals surface area (Å²) in [5.41, 5.74) is 3.30. The van der Waals surface area contributed by atoms with Crippen LogP contribution in [0.3, 0.4) is 0 Å². The molecule has 9 nitrogen and oxygen atoms in total. The minimum absolute atomic E-state index is 0.0470. The summed E-state index contributed by atoms with van der Waals surface area (Å²) in [4.78, 5) is 46.8. The van der Waals surface area contributed by atoms with E-state index in [-0.39, 0.29) is 11.4 Å². The Labute approximate surface area is 147 Å². The van der Waals surface area contributed by atoms with Crippen LogP contribution >= 0.6 is 0 Å². The number of hydrazone groups is 1. The van der Waals surface area contributed by atoms with Crippen LogP contribution in [0.25, 0.3) is 0 Å². The van der Waals surface area contributed by atoms with E-state index in [1.165, 1.54) is 42.9 Å². The third-order valence-electron chi connectivity index (χ3n) is 4.21. The molecule has 126 valence electrons. The number of nitriles is 1. The van der Waals surface area contributed by atoms with Gasteiger partial charge in [0.15, 0.2) is 0 Å². The van der Waals surface area contributed by atoms with Crippen LogP contribution < -0.4 is 10.3 Å². The zero-order valence-electron chi connectivity index (χ0n) is 13.2. The standard InChI is InChI=1S/C17H10N6O3/c18-7-9-1-3-10(4-2-9)23-16(25)12-13(21-22-14(12)17(23)26)15(24)11-8-19-5-6-20-11/h1-6,8,12,14,22H/t12-,14-/m1/s1. The van der Waals surface area contributed by atoms with Crippen molar-refractivity contribution in [2.24, 2.45) is 11.0 Å². The van der Waals surface area contributed by atoms with E-state index >= 15 is 0 Å². The van der Waals surface area contributed by atoms with Gasteiger partial charge in [-0.25, -0.2) is 9.88 Å². The van der Waals surface area contributed by atoms with Gasteiger partial charge < -0.3 is 0 Å². The van der Waals surface area contributed by atoms with E-state index in [2.05, 4.69) is 20.5 Å². The number of fused-ring (bicyclic) bond motifs is 1. The Balaban J connectivity index is 1.66. The van der Waals surface area contributed by atoms with Crippen LogP contribution in [0.5, 0.6) is 0 Å². The highest BCUT2D eigenvalue weighted by Gasteiger charge is 2.55. The summed E-state index contributed by atoms with van der Waals surface area (Å²) in [6, 6.07) is 7.08. The van der Waals surface area contributed by atoms with Crippen LogP contribution in [-0.2, 0) is 9.59 Å². The van der Waals surface area contributed by atoms with E-state index in [1.54, 1.807) is 0 Å². The van der Waals surface area contributed by atoms with Crippen molar-refractivity contribution in [2.75, 3.05) is 4.90 Å². The lowest BCUT2D eigenvalue weighted by atomic mass is 9.94. The van der Waals surface area contributed by atoms with E-state index in [0.29, 0.717) is 11.3 Å². The highest BCUT2D eigenvalue weighted by atomic mass is 16.2. The second-order valence-corrected chi connectivity index (χ2v) is 5.67. The van der Waals surface area contributed by atoms with Crippen molar-refractivity contribution >= 4 is 29.0 Å². The molecular formula is C17H10N6O3. The van der Waals surface area contributed by atoms with Gasteiger partial charge in [0.1, 0.15) is 23.4 Å². The Morgan fingerprint density at radius 3 is 2.58 bits per heavy atom. The number of Topliss-reactive ketones (excluding diaryl/α,β-unsaturated/α-hetero) is 1. The molecule has 2 aliphatic heterocycles. The highest BCUT2D eigenvalue weighted by molar-refractivity contribution is 6.52. The third-order valence-corrected chi connectivity index (χ3v) is 4.21. The molecule has 0 spiro atoms. The van der Waals surface area contributed by atoms with Gasteiger partial charge in [0, 0.05) is 12.4 Å². The zero-order chi connectivity index (χ0) is 18.3. The van der Waals surface area contributed by atoms with Gasteiger partial charge in [-0.3, -0.25) is 24.8 Å². The predicted octanol–water partition coefficient (Wildman–Crippen LogP) is 0.0484. The first-order chi connectivity index (χ1) is 12.6. The second kappa shape index (κ2) is 5.86. The molecule has 2 atom stereocenters. The Morgan fingerprint density at radius 2 is 1.92 bits per heavy atom. The van der Waals surface area contributed by atoms with Crippen LogP contribution in [-0.4, -0.2) is 39.3 Å². The smallest absolute Gasteiger partial charge is 0.259 e. The number of nitrogens with zero attached hydrogens (tertiary/aromatic N) is 5. The molecular weight excluding hydrogens is 336 g/mol. The molecule has 1 N–H and O–H groups in total. The summed E-state index contributed by atoms with van der Waals surface area (Å²) < 4.78 is 0. The summed E-state index contributed by atoms with van der Waals surface area (Å²) >= 11 is 0. The molecule has 2 aliphatic rings. The quantitative estimate of drug-likeness (QED) is 0.614. The number of hydrogen-bond acceptors (Lipinski definition) is 8. The van der Waals surface area contributed by atoms with E-state index in [9.17, 15) is 14.4 Å². The lowest BCUT2D eigenvalue weighted by Crippen LogP contribution is -2.36. The molecule has 1 aromatic carbocycles. The number of aromatic nitrogens is 2. The number of benzene rings is 1. The van der Waals surface area contributed by atoms with Crippen LogP contribution in [0.4, 0.5) is 5.69 Å². The summed E-state index contributed by atoms with van der Waals surface area (Å²) in [6.45, 7) is 0. The maximum Gasteiger partial charge on any atom is 0.259 e. The first-order valence-corrected chi connectivity index (χ1v) is 7.63. The molecule has 0 bridgehead atoms. The van der Waals surface area contributed by atoms with Crippen LogP contribution in [0.1, 0.15) is 16.1 Å².